The molecule has 13 heavy (non-hydrogen) atoms. The highest BCUT2D eigenvalue weighted by Gasteiger charge is 2.07. The zero-order chi connectivity index (χ0) is 10.0. The predicted octanol–water partition coefficient (Wildman–Crippen LogP) is 3.23. The molecule has 0 spiro atoms. The van der Waals surface area contributed by atoms with Gasteiger partial charge >= 0.3 is 0 Å². The summed E-state index contributed by atoms with van der Waals surface area (Å²) in [5.41, 5.74) is 1.71. The molecule has 0 radical (unpaired) electrons. The Morgan fingerprint density at radius 3 is 2.00 bits per heavy atom. The molecule has 2 heteroatoms. The van der Waals surface area contributed by atoms with E-state index in [9.17, 15) is 4.39 Å². The van der Waals surface area contributed by atoms with Crippen molar-refractivity contribution in [3.05, 3.63) is 29.1 Å². The van der Waals surface area contributed by atoms with E-state index in [4.69, 9.17) is 4.74 Å². The fraction of sp³-hybridized carbons (Fsp3) is 0.455. The number of aryl methyl sites for hydroxylation is 2. The van der Waals surface area contributed by atoms with Gasteiger partial charge in [0, 0.05) is 0 Å². The van der Waals surface area contributed by atoms with Crippen LogP contribution in [0.4, 0.5) is 4.39 Å². The molecule has 0 aliphatic heterocycles. The third kappa shape index (κ3) is 2.44. The summed E-state index contributed by atoms with van der Waals surface area (Å²) in [5.74, 6) is 0.600. The Bertz CT molecular complexity index is 282. The van der Waals surface area contributed by atoms with Crippen molar-refractivity contribution < 1.29 is 9.13 Å². The molecule has 0 aliphatic rings. The number of hydrogen-bond acceptors (Lipinski definition) is 1. The Kier molecular flexibility index (Phi) is 2.91. The van der Waals surface area contributed by atoms with Gasteiger partial charge in [-0.2, -0.15) is 0 Å². The molecule has 1 rings (SSSR count). The topological polar surface area (TPSA) is 9.23 Å². The molecule has 0 saturated heterocycles. The van der Waals surface area contributed by atoms with E-state index in [-0.39, 0.29) is 11.9 Å². The predicted molar refractivity (Wildman–Crippen MR) is 51.6 cm³/mol. The van der Waals surface area contributed by atoms with Gasteiger partial charge in [-0.15, -0.1) is 0 Å². The fourth-order valence-corrected chi connectivity index (χ4v) is 1.32. The minimum Gasteiger partial charge on any atom is -0.490 e. The van der Waals surface area contributed by atoms with E-state index < -0.39 is 0 Å². The molecule has 1 nitrogen and oxygen atoms in total. The van der Waals surface area contributed by atoms with E-state index in [2.05, 4.69) is 0 Å². The molecule has 0 heterocycles. The van der Waals surface area contributed by atoms with Crippen molar-refractivity contribution in [1.29, 1.82) is 0 Å². The maximum Gasteiger partial charge on any atom is 0.125 e. The van der Waals surface area contributed by atoms with Crippen LogP contribution < -0.4 is 4.74 Å². The maximum absolute atomic E-state index is 12.9. The molecule has 72 valence electrons. The average Bonchev–Trinajstić information content (AvgIpc) is 1.96. The highest BCUT2D eigenvalue weighted by atomic mass is 19.1. The SMILES string of the molecule is Cc1cc(F)cc(C)c1OC(C)C. The second-order valence-corrected chi connectivity index (χ2v) is 3.54. The molecule has 0 aromatic heterocycles. The van der Waals surface area contributed by atoms with Gasteiger partial charge in [0.25, 0.3) is 0 Å². The van der Waals surface area contributed by atoms with Gasteiger partial charge < -0.3 is 4.74 Å². The molecule has 0 saturated carbocycles. The fourth-order valence-electron chi connectivity index (χ4n) is 1.32. The molecule has 0 aliphatic carbocycles. The normalized spacial score (nSPS) is 10.6. The van der Waals surface area contributed by atoms with Gasteiger partial charge in [0.15, 0.2) is 0 Å². The monoisotopic (exact) mass is 182 g/mol. The minimum atomic E-state index is -0.203. The average molecular weight is 182 g/mol. The highest BCUT2D eigenvalue weighted by molar-refractivity contribution is 5.40. The van der Waals surface area contributed by atoms with Crippen LogP contribution in [0.3, 0.4) is 0 Å². The van der Waals surface area contributed by atoms with Crippen LogP contribution in [0.5, 0.6) is 5.75 Å². The summed E-state index contributed by atoms with van der Waals surface area (Å²) in [6.07, 6.45) is 0.128. The van der Waals surface area contributed by atoms with Crippen LogP contribution in [0.15, 0.2) is 12.1 Å². The maximum atomic E-state index is 12.9. The Morgan fingerprint density at radius 2 is 1.62 bits per heavy atom. The van der Waals surface area contributed by atoms with E-state index in [0.717, 1.165) is 16.9 Å². The smallest absolute Gasteiger partial charge is 0.125 e. The quantitative estimate of drug-likeness (QED) is 0.682. The van der Waals surface area contributed by atoms with Crippen molar-refractivity contribution in [2.75, 3.05) is 0 Å². The lowest BCUT2D eigenvalue weighted by Gasteiger charge is -2.14. The Balaban J connectivity index is 3.06. The van der Waals surface area contributed by atoms with Gasteiger partial charge in [-0.1, -0.05) is 0 Å². The summed E-state index contributed by atoms with van der Waals surface area (Å²) >= 11 is 0. The van der Waals surface area contributed by atoms with Crippen molar-refractivity contribution in [1.82, 2.24) is 0 Å². The van der Waals surface area contributed by atoms with Crippen LogP contribution in [0.25, 0.3) is 0 Å². The van der Waals surface area contributed by atoms with Crippen LogP contribution in [-0.2, 0) is 0 Å². The number of ether oxygens (including phenoxy) is 1. The molecular weight excluding hydrogens is 167 g/mol. The first-order chi connectivity index (χ1) is 6.00. The zero-order valence-electron chi connectivity index (χ0n) is 8.52. The lowest BCUT2D eigenvalue weighted by atomic mass is 10.1. The van der Waals surface area contributed by atoms with Gasteiger partial charge in [-0.05, 0) is 51.0 Å². The molecule has 0 unspecified atom stereocenters. The van der Waals surface area contributed by atoms with Crippen LogP contribution in [0.1, 0.15) is 25.0 Å². The Hall–Kier alpha value is -1.05. The first kappa shape index (κ1) is 10.0. The molecule has 1 aromatic rings. The van der Waals surface area contributed by atoms with Crippen molar-refractivity contribution >= 4 is 0 Å². The van der Waals surface area contributed by atoms with E-state index in [0.29, 0.717) is 0 Å². The third-order valence-corrected chi connectivity index (χ3v) is 1.78. The van der Waals surface area contributed by atoms with Gasteiger partial charge in [-0.3, -0.25) is 0 Å². The van der Waals surface area contributed by atoms with Crippen molar-refractivity contribution in [3.63, 3.8) is 0 Å². The molecule has 0 amide bonds. The summed E-state index contributed by atoms with van der Waals surface area (Å²) < 4.78 is 18.5. The second-order valence-electron chi connectivity index (χ2n) is 3.54. The zero-order valence-corrected chi connectivity index (χ0v) is 8.52. The minimum absolute atomic E-state index is 0.128. The molecule has 1 aromatic carbocycles. The number of benzene rings is 1. The lowest BCUT2D eigenvalue weighted by molar-refractivity contribution is 0.238. The van der Waals surface area contributed by atoms with Gasteiger partial charge in [0.2, 0.25) is 0 Å². The molecule has 0 bridgehead atoms. The number of hydrogen-bond donors (Lipinski definition) is 0. The van der Waals surface area contributed by atoms with Gasteiger partial charge in [-0.25, -0.2) is 4.39 Å². The summed E-state index contributed by atoms with van der Waals surface area (Å²) in [4.78, 5) is 0. The number of halogens is 1. The van der Waals surface area contributed by atoms with E-state index in [1.807, 2.05) is 27.7 Å². The molecule has 0 fully saturated rings. The Morgan fingerprint density at radius 1 is 1.15 bits per heavy atom. The van der Waals surface area contributed by atoms with Crippen LogP contribution in [0, 0.1) is 19.7 Å². The second kappa shape index (κ2) is 3.77. The van der Waals surface area contributed by atoms with E-state index in [1.54, 1.807) is 0 Å². The Labute approximate surface area is 78.5 Å². The summed E-state index contributed by atoms with van der Waals surface area (Å²) in [6, 6.07) is 2.98. The third-order valence-electron chi connectivity index (χ3n) is 1.78. The highest BCUT2D eigenvalue weighted by Crippen LogP contribution is 2.24. The summed E-state index contributed by atoms with van der Waals surface area (Å²) in [7, 11) is 0. The van der Waals surface area contributed by atoms with Crippen LogP contribution in [0.2, 0.25) is 0 Å². The van der Waals surface area contributed by atoms with Gasteiger partial charge in [0.1, 0.15) is 11.6 Å². The number of rotatable bonds is 2. The van der Waals surface area contributed by atoms with E-state index >= 15 is 0 Å². The molecule has 0 atom stereocenters. The van der Waals surface area contributed by atoms with Crippen molar-refractivity contribution in [3.8, 4) is 5.75 Å². The van der Waals surface area contributed by atoms with Crippen molar-refractivity contribution in [2.24, 2.45) is 0 Å². The van der Waals surface area contributed by atoms with Crippen LogP contribution in [-0.4, -0.2) is 6.10 Å². The lowest BCUT2D eigenvalue weighted by Crippen LogP contribution is -2.08. The first-order valence-corrected chi connectivity index (χ1v) is 4.44. The summed E-state index contributed by atoms with van der Waals surface area (Å²) in [5, 5.41) is 0. The first-order valence-electron chi connectivity index (χ1n) is 4.44. The summed E-state index contributed by atoms with van der Waals surface area (Å²) in [6.45, 7) is 7.63. The van der Waals surface area contributed by atoms with E-state index in [1.165, 1.54) is 12.1 Å². The van der Waals surface area contributed by atoms with Gasteiger partial charge in [0.05, 0.1) is 6.10 Å². The van der Waals surface area contributed by atoms with Crippen LogP contribution >= 0.6 is 0 Å². The standard InChI is InChI=1S/C11H15FO/c1-7(2)13-11-8(3)5-10(12)6-9(11)4/h5-7H,1-4H3. The molecular formula is C11H15FO. The molecule has 0 N–H and O–H groups in total. The largest absolute Gasteiger partial charge is 0.490 e. The van der Waals surface area contributed by atoms with Crippen molar-refractivity contribution in [2.45, 2.75) is 33.8 Å².